The molecule has 0 fully saturated rings. The third-order valence-corrected chi connectivity index (χ3v) is 4.81. The molecule has 10 heteroatoms. The first-order chi connectivity index (χ1) is 13.8. The van der Waals surface area contributed by atoms with Crippen molar-refractivity contribution in [1.29, 1.82) is 0 Å². The lowest BCUT2D eigenvalue weighted by molar-refractivity contribution is 0.0995. The van der Waals surface area contributed by atoms with Crippen molar-refractivity contribution in [2.75, 3.05) is 17.7 Å². The van der Waals surface area contributed by atoms with Crippen molar-refractivity contribution >= 4 is 33.2 Å². The van der Waals surface area contributed by atoms with E-state index in [2.05, 4.69) is 10.6 Å². The third kappa shape index (κ3) is 4.81. The van der Waals surface area contributed by atoms with Crippen molar-refractivity contribution in [1.82, 2.24) is 0 Å². The van der Waals surface area contributed by atoms with Gasteiger partial charge in [-0.15, -0.1) is 0 Å². The van der Waals surface area contributed by atoms with Crippen molar-refractivity contribution in [3.63, 3.8) is 0 Å². The summed E-state index contributed by atoms with van der Waals surface area (Å²) in [6.07, 6.45) is 1.39. The number of sulfonamides is 1. The summed E-state index contributed by atoms with van der Waals surface area (Å²) in [6.45, 7) is 0. The van der Waals surface area contributed by atoms with Crippen molar-refractivity contribution in [2.24, 2.45) is 5.14 Å². The Balaban J connectivity index is 1.72. The number of amides is 2. The standard InChI is InChI=1S/C19H17N3O6S/c1-27-15-9-8-14(11-17(15)29(20,25)26)22-18(23)12-4-6-13(7-5-12)21-19(24)16-3-2-10-28-16/h2-11H,1H3,(H,21,24)(H,22,23)(H2,20,25,26). The molecule has 0 unspecified atom stereocenters. The lowest BCUT2D eigenvalue weighted by Crippen LogP contribution is -2.16. The van der Waals surface area contributed by atoms with Gasteiger partial charge in [0.15, 0.2) is 5.76 Å². The molecular formula is C19H17N3O6S. The second-order valence-corrected chi connectivity index (χ2v) is 7.40. The number of nitrogens with two attached hydrogens (primary N) is 1. The van der Waals surface area contributed by atoms with Crippen LogP contribution in [0.25, 0.3) is 0 Å². The molecule has 0 atom stereocenters. The van der Waals surface area contributed by atoms with Crippen LogP contribution in [-0.4, -0.2) is 27.3 Å². The Morgan fingerprint density at radius 2 is 1.62 bits per heavy atom. The Hall–Kier alpha value is -3.63. The molecule has 0 radical (unpaired) electrons. The molecular weight excluding hydrogens is 398 g/mol. The van der Waals surface area contributed by atoms with Crippen LogP contribution >= 0.6 is 0 Å². The Morgan fingerprint density at radius 1 is 0.966 bits per heavy atom. The number of hydrogen-bond acceptors (Lipinski definition) is 6. The predicted molar refractivity (Wildman–Crippen MR) is 105 cm³/mol. The largest absolute Gasteiger partial charge is 0.495 e. The number of benzene rings is 2. The monoisotopic (exact) mass is 415 g/mol. The quantitative estimate of drug-likeness (QED) is 0.565. The molecule has 9 nitrogen and oxygen atoms in total. The molecule has 2 amide bonds. The highest BCUT2D eigenvalue weighted by atomic mass is 32.2. The Labute approximate surface area is 166 Å². The van der Waals surface area contributed by atoms with Gasteiger partial charge in [0.2, 0.25) is 10.0 Å². The van der Waals surface area contributed by atoms with E-state index in [-0.39, 0.29) is 22.1 Å². The molecule has 3 rings (SSSR count). The average molecular weight is 415 g/mol. The first-order valence-corrected chi connectivity index (χ1v) is 9.79. The number of carbonyl (C=O) groups is 2. The molecule has 0 spiro atoms. The van der Waals surface area contributed by atoms with Crippen LogP contribution in [0.5, 0.6) is 5.75 Å². The maximum Gasteiger partial charge on any atom is 0.291 e. The Kier molecular flexibility index (Phi) is 5.66. The predicted octanol–water partition coefficient (Wildman–Crippen LogP) is 2.44. The first-order valence-electron chi connectivity index (χ1n) is 8.25. The van der Waals surface area contributed by atoms with Gasteiger partial charge in [0.05, 0.1) is 13.4 Å². The number of primary sulfonamides is 1. The van der Waals surface area contributed by atoms with Gasteiger partial charge in [0.25, 0.3) is 11.8 Å². The van der Waals surface area contributed by atoms with Gasteiger partial charge < -0.3 is 19.8 Å². The number of hydrogen-bond donors (Lipinski definition) is 3. The average Bonchev–Trinajstić information content (AvgIpc) is 3.23. The van der Waals surface area contributed by atoms with Gasteiger partial charge in [-0.25, -0.2) is 13.6 Å². The number of methoxy groups -OCH3 is 1. The zero-order valence-corrected chi connectivity index (χ0v) is 16.0. The van der Waals surface area contributed by atoms with Crippen LogP contribution in [0.1, 0.15) is 20.9 Å². The van der Waals surface area contributed by atoms with E-state index >= 15 is 0 Å². The van der Waals surface area contributed by atoms with Crippen LogP contribution in [0.4, 0.5) is 11.4 Å². The van der Waals surface area contributed by atoms with Gasteiger partial charge >= 0.3 is 0 Å². The SMILES string of the molecule is COc1ccc(NC(=O)c2ccc(NC(=O)c3ccco3)cc2)cc1S(N)(=O)=O. The van der Waals surface area contributed by atoms with Gasteiger partial charge in [-0.3, -0.25) is 9.59 Å². The zero-order valence-electron chi connectivity index (χ0n) is 15.2. The van der Waals surface area contributed by atoms with Crippen molar-refractivity contribution in [3.05, 3.63) is 72.2 Å². The molecule has 0 aliphatic heterocycles. The third-order valence-electron chi connectivity index (χ3n) is 3.88. The van der Waals surface area contributed by atoms with E-state index in [1.165, 1.54) is 49.8 Å². The number of anilines is 2. The lowest BCUT2D eigenvalue weighted by atomic mass is 10.2. The van der Waals surface area contributed by atoms with E-state index in [0.717, 1.165) is 0 Å². The molecule has 3 aromatic rings. The van der Waals surface area contributed by atoms with Gasteiger partial charge in [0, 0.05) is 16.9 Å². The van der Waals surface area contributed by atoms with Crippen molar-refractivity contribution in [2.45, 2.75) is 4.90 Å². The highest BCUT2D eigenvalue weighted by molar-refractivity contribution is 7.89. The fourth-order valence-electron chi connectivity index (χ4n) is 2.49. The van der Waals surface area contributed by atoms with Crippen LogP contribution in [0.3, 0.4) is 0 Å². The topological polar surface area (TPSA) is 141 Å². The number of rotatable bonds is 6. The molecule has 0 bridgehead atoms. The fourth-order valence-corrected chi connectivity index (χ4v) is 3.21. The normalized spacial score (nSPS) is 11.0. The molecule has 0 saturated carbocycles. The number of ether oxygens (including phenoxy) is 1. The van der Waals surface area contributed by atoms with Gasteiger partial charge in [-0.1, -0.05) is 0 Å². The molecule has 29 heavy (non-hydrogen) atoms. The van der Waals surface area contributed by atoms with Gasteiger partial charge in [-0.2, -0.15) is 0 Å². The maximum absolute atomic E-state index is 12.4. The second-order valence-electron chi connectivity index (χ2n) is 5.87. The van der Waals surface area contributed by atoms with Crippen LogP contribution < -0.4 is 20.5 Å². The molecule has 0 aliphatic rings. The molecule has 4 N–H and O–H groups in total. The molecule has 1 heterocycles. The minimum Gasteiger partial charge on any atom is -0.495 e. The zero-order chi connectivity index (χ0) is 21.0. The van der Waals surface area contributed by atoms with Crippen LogP contribution in [0, 0.1) is 0 Å². The van der Waals surface area contributed by atoms with E-state index in [1.807, 2.05) is 0 Å². The van der Waals surface area contributed by atoms with Gasteiger partial charge in [0.1, 0.15) is 10.6 Å². The summed E-state index contributed by atoms with van der Waals surface area (Å²) < 4.78 is 33.3. The van der Waals surface area contributed by atoms with E-state index in [4.69, 9.17) is 14.3 Å². The number of carbonyl (C=O) groups excluding carboxylic acids is 2. The number of furan rings is 1. The van der Waals surface area contributed by atoms with E-state index in [9.17, 15) is 18.0 Å². The van der Waals surface area contributed by atoms with E-state index < -0.39 is 21.8 Å². The lowest BCUT2D eigenvalue weighted by Gasteiger charge is -2.11. The Bertz CT molecular complexity index is 1140. The second kappa shape index (κ2) is 8.17. The summed E-state index contributed by atoms with van der Waals surface area (Å²) in [7, 11) is -2.71. The van der Waals surface area contributed by atoms with Crippen LogP contribution in [0.2, 0.25) is 0 Å². The summed E-state index contributed by atoms with van der Waals surface area (Å²) in [4.78, 5) is 24.1. The Morgan fingerprint density at radius 3 is 2.21 bits per heavy atom. The minimum absolute atomic E-state index is 0.0714. The molecule has 1 aromatic heterocycles. The highest BCUT2D eigenvalue weighted by Gasteiger charge is 2.17. The molecule has 0 aliphatic carbocycles. The smallest absolute Gasteiger partial charge is 0.291 e. The van der Waals surface area contributed by atoms with Crippen molar-refractivity contribution < 1.29 is 27.2 Å². The van der Waals surface area contributed by atoms with Crippen LogP contribution in [0.15, 0.2) is 70.2 Å². The maximum atomic E-state index is 12.4. The molecule has 0 saturated heterocycles. The molecule has 150 valence electrons. The van der Waals surface area contributed by atoms with E-state index in [0.29, 0.717) is 11.3 Å². The summed E-state index contributed by atoms with van der Waals surface area (Å²) >= 11 is 0. The highest BCUT2D eigenvalue weighted by Crippen LogP contribution is 2.26. The first kappa shape index (κ1) is 20.1. The summed E-state index contributed by atoms with van der Waals surface area (Å²) in [6, 6.07) is 13.4. The van der Waals surface area contributed by atoms with Gasteiger partial charge in [-0.05, 0) is 54.6 Å². The summed E-state index contributed by atoms with van der Waals surface area (Å²) in [5.74, 6) is -0.653. The number of nitrogens with one attached hydrogen (secondary N) is 2. The van der Waals surface area contributed by atoms with Crippen LogP contribution in [-0.2, 0) is 10.0 Å². The molecule has 2 aromatic carbocycles. The summed E-state index contributed by atoms with van der Waals surface area (Å²) in [5.41, 5.74) is 1.01. The minimum atomic E-state index is -4.03. The van der Waals surface area contributed by atoms with Crippen molar-refractivity contribution in [3.8, 4) is 5.75 Å². The van der Waals surface area contributed by atoms with E-state index in [1.54, 1.807) is 18.2 Å². The fraction of sp³-hybridized carbons (Fsp3) is 0.0526. The summed E-state index contributed by atoms with van der Waals surface area (Å²) in [5, 5.41) is 10.4.